The second-order valence-corrected chi connectivity index (χ2v) is 8.05. The number of carboxylic acid groups (broad SMARTS) is 1. The molecule has 0 spiro atoms. The maximum absolute atomic E-state index is 9.37. The molecule has 0 aromatic carbocycles. The second-order valence-electron chi connectivity index (χ2n) is 7.05. The van der Waals surface area contributed by atoms with Crippen LogP contribution in [0.4, 0.5) is 0 Å². The predicted octanol–water partition coefficient (Wildman–Crippen LogP) is 7.32. The van der Waals surface area contributed by atoms with Crippen LogP contribution < -0.4 is 0 Å². The fourth-order valence-electron chi connectivity index (χ4n) is 2.80. The Balaban J connectivity index is 0. The molecule has 0 radical (unpaired) electrons. The van der Waals surface area contributed by atoms with Gasteiger partial charge in [0.05, 0.1) is 0 Å². The molecule has 0 amide bonds. The van der Waals surface area contributed by atoms with Gasteiger partial charge < -0.3 is 5.11 Å². The van der Waals surface area contributed by atoms with Crippen LogP contribution in [-0.2, 0) is 4.79 Å². The zero-order valence-corrected chi connectivity index (χ0v) is 19.1. The van der Waals surface area contributed by atoms with Gasteiger partial charge in [-0.3, -0.25) is 4.79 Å². The van der Waals surface area contributed by atoms with E-state index in [9.17, 15) is 4.79 Å². The molecule has 0 saturated carbocycles. The molecule has 0 heterocycles. The van der Waals surface area contributed by atoms with Crippen LogP contribution in [0, 0.1) is 0 Å². The molecule has 0 aliphatic rings. The summed E-state index contributed by atoms with van der Waals surface area (Å²) in [5, 5.41) is 7.72. The van der Waals surface area contributed by atoms with Crippen molar-refractivity contribution in [3.05, 3.63) is 0 Å². The molecule has 24 heavy (non-hydrogen) atoms. The standard InChI is InChI=1S/C18H37.C3H6O2.Na/c1-3-5-7-9-11-13-15-17-18-16-14-12-10-8-6-4-2;1-2-3(4)5;/h1,3-18H2,2H3;2H2,1H3,(H,4,5);. The van der Waals surface area contributed by atoms with Crippen LogP contribution in [0.1, 0.15) is 123 Å². The van der Waals surface area contributed by atoms with Crippen molar-refractivity contribution in [2.45, 2.75) is 127 Å². The van der Waals surface area contributed by atoms with Gasteiger partial charge in [0.25, 0.3) is 0 Å². The molecule has 0 atom stereocenters. The van der Waals surface area contributed by atoms with E-state index in [1.807, 2.05) is 0 Å². The van der Waals surface area contributed by atoms with E-state index >= 15 is 0 Å². The summed E-state index contributed by atoms with van der Waals surface area (Å²) in [7, 11) is 0. The predicted molar refractivity (Wildman–Crippen MR) is 108 cm³/mol. The summed E-state index contributed by atoms with van der Waals surface area (Å²) in [6, 6.07) is 0. The van der Waals surface area contributed by atoms with Crippen molar-refractivity contribution in [2.75, 3.05) is 0 Å². The Morgan fingerprint density at radius 3 is 1.08 bits per heavy atom. The van der Waals surface area contributed by atoms with Gasteiger partial charge in [-0.2, -0.15) is 0 Å². The molecule has 0 bridgehead atoms. The Bertz CT molecular complexity index is 216. The van der Waals surface area contributed by atoms with Crippen LogP contribution in [0.3, 0.4) is 0 Å². The number of carbonyl (C=O) groups is 1. The van der Waals surface area contributed by atoms with Gasteiger partial charge in [-0.15, -0.1) is 0 Å². The summed E-state index contributed by atoms with van der Waals surface area (Å²) in [5.74, 6) is -0.745. The van der Waals surface area contributed by atoms with Crippen molar-refractivity contribution < 1.29 is 9.90 Å². The Kier molecular flexibility index (Phi) is 28.6. The van der Waals surface area contributed by atoms with E-state index in [4.69, 9.17) is 5.11 Å². The maximum atomic E-state index is 9.37. The summed E-state index contributed by atoms with van der Waals surface area (Å²) < 4.78 is 1.51. The first kappa shape index (κ1) is 26.7. The number of rotatable bonds is 17. The zero-order valence-electron chi connectivity index (χ0n) is 17.1. The van der Waals surface area contributed by atoms with Gasteiger partial charge in [0.2, 0.25) is 0 Å². The first-order chi connectivity index (χ1) is 11.7. The Hall–Kier alpha value is 0.470. The van der Waals surface area contributed by atoms with Crippen molar-refractivity contribution in [1.29, 1.82) is 0 Å². The Labute approximate surface area is 170 Å². The molecule has 0 aliphatic heterocycles. The van der Waals surface area contributed by atoms with Gasteiger partial charge in [0.15, 0.2) is 0 Å². The van der Waals surface area contributed by atoms with Crippen molar-refractivity contribution in [3.8, 4) is 0 Å². The third-order valence-corrected chi connectivity index (χ3v) is 5.22. The van der Waals surface area contributed by atoms with Gasteiger partial charge in [-0.1, -0.05) is 46.0 Å². The zero-order chi connectivity index (χ0) is 18.3. The summed E-state index contributed by atoms with van der Waals surface area (Å²) in [6.07, 6.45) is 23.9. The van der Waals surface area contributed by atoms with E-state index in [-0.39, 0.29) is 6.42 Å². The van der Waals surface area contributed by atoms with Crippen LogP contribution in [0.2, 0.25) is 3.67 Å². The Morgan fingerprint density at radius 2 is 0.875 bits per heavy atom. The molecular formula is C21H43NaO2. The third-order valence-electron chi connectivity index (χ3n) is 4.51. The molecule has 1 N–H and O–H groups in total. The van der Waals surface area contributed by atoms with Crippen molar-refractivity contribution in [2.24, 2.45) is 0 Å². The fraction of sp³-hybridized carbons (Fsp3) is 0.952. The number of unbranched alkanes of at least 4 members (excludes halogenated alkanes) is 15. The van der Waals surface area contributed by atoms with Crippen molar-refractivity contribution in [1.82, 2.24) is 0 Å². The molecular weight excluding hydrogens is 307 g/mol. The number of carboxylic acids is 1. The van der Waals surface area contributed by atoms with E-state index < -0.39 is 5.97 Å². The summed E-state index contributed by atoms with van der Waals surface area (Å²) >= 11 is 1.41. The monoisotopic (exact) mass is 350 g/mol. The first-order valence-electron chi connectivity index (χ1n) is 10.9. The second kappa shape index (κ2) is 25.7. The average Bonchev–Trinajstić information content (AvgIpc) is 2.59. The minimum absolute atomic E-state index is 0.222. The molecule has 2 nitrogen and oxygen atoms in total. The van der Waals surface area contributed by atoms with Gasteiger partial charge in [-0.25, -0.2) is 0 Å². The van der Waals surface area contributed by atoms with Gasteiger partial charge in [0, 0.05) is 6.42 Å². The molecule has 0 aliphatic carbocycles. The van der Waals surface area contributed by atoms with Crippen LogP contribution in [-0.4, -0.2) is 39.0 Å². The molecule has 0 unspecified atom stereocenters. The molecule has 0 saturated heterocycles. The summed E-state index contributed by atoms with van der Waals surface area (Å²) in [4.78, 5) is 9.37. The number of aliphatic carboxylic acids is 1. The minimum atomic E-state index is -0.745. The van der Waals surface area contributed by atoms with E-state index in [0.717, 1.165) is 0 Å². The van der Waals surface area contributed by atoms with Crippen molar-refractivity contribution in [3.63, 3.8) is 0 Å². The quantitative estimate of drug-likeness (QED) is 0.220. The van der Waals surface area contributed by atoms with Crippen LogP contribution in [0.5, 0.6) is 0 Å². The molecule has 0 aromatic rings. The Morgan fingerprint density at radius 1 is 0.625 bits per heavy atom. The van der Waals surface area contributed by atoms with Crippen LogP contribution in [0.15, 0.2) is 0 Å². The molecule has 0 aromatic heterocycles. The topological polar surface area (TPSA) is 37.3 Å². The van der Waals surface area contributed by atoms with Gasteiger partial charge in [0.1, 0.15) is 0 Å². The van der Waals surface area contributed by atoms with E-state index in [1.165, 1.54) is 134 Å². The van der Waals surface area contributed by atoms with Crippen LogP contribution in [0.25, 0.3) is 0 Å². The van der Waals surface area contributed by atoms with Crippen molar-refractivity contribution >= 4 is 33.9 Å². The van der Waals surface area contributed by atoms with Gasteiger partial charge >= 0.3 is 108 Å². The normalized spacial score (nSPS) is 10.3. The first-order valence-corrected chi connectivity index (χ1v) is 12.3. The molecule has 0 rings (SSSR count). The van der Waals surface area contributed by atoms with Crippen LogP contribution >= 0.6 is 0 Å². The number of hydrogen-bond acceptors (Lipinski definition) is 1. The fourth-order valence-corrected chi connectivity index (χ4v) is 3.30. The third kappa shape index (κ3) is 30.4. The molecule has 3 heteroatoms. The summed E-state index contributed by atoms with van der Waals surface area (Å²) in [6.45, 7) is 3.90. The molecule has 0 fully saturated rings. The summed E-state index contributed by atoms with van der Waals surface area (Å²) in [5.41, 5.74) is 0. The van der Waals surface area contributed by atoms with E-state index in [0.29, 0.717) is 0 Å². The van der Waals surface area contributed by atoms with Gasteiger partial charge in [-0.05, 0) is 0 Å². The SMILES string of the molecule is CCC(=O)O.CCCCCCCCCCCCCCCCC[CH2][Na]. The molecule has 140 valence electrons. The van der Waals surface area contributed by atoms with E-state index in [1.54, 1.807) is 6.92 Å². The average molecular weight is 351 g/mol. The van der Waals surface area contributed by atoms with E-state index in [2.05, 4.69) is 6.92 Å². The number of hydrogen-bond donors (Lipinski definition) is 1.